The summed E-state index contributed by atoms with van der Waals surface area (Å²) >= 11 is 0. The normalized spacial score (nSPS) is 17.6. The standard InChI is InChI=1S/C26H31NO6/c1-6-32-19-9-7-18(8-10-19)23-22(24(28)21-12-11-20(31-5)15-17(21)4)25(29)26(30)27(23)13-14-33-16(2)3/h7-12,15-16,23,28H,6,13-14H2,1-5H3/b24-22-. The van der Waals surface area contributed by atoms with Gasteiger partial charge in [0.1, 0.15) is 17.3 Å². The van der Waals surface area contributed by atoms with Crippen LogP contribution in [0.3, 0.4) is 0 Å². The third-order valence-corrected chi connectivity index (χ3v) is 5.52. The van der Waals surface area contributed by atoms with Crippen molar-refractivity contribution in [3.05, 3.63) is 64.7 Å². The van der Waals surface area contributed by atoms with Gasteiger partial charge < -0.3 is 24.2 Å². The van der Waals surface area contributed by atoms with Crippen molar-refractivity contribution in [1.29, 1.82) is 0 Å². The number of likely N-dealkylation sites (tertiary alicyclic amines) is 1. The van der Waals surface area contributed by atoms with Crippen molar-refractivity contribution in [2.24, 2.45) is 0 Å². The molecule has 0 bridgehead atoms. The zero-order chi connectivity index (χ0) is 24.1. The van der Waals surface area contributed by atoms with Gasteiger partial charge in [0.25, 0.3) is 11.7 Å². The van der Waals surface area contributed by atoms with Gasteiger partial charge >= 0.3 is 0 Å². The van der Waals surface area contributed by atoms with Crippen LogP contribution >= 0.6 is 0 Å². The molecule has 1 aliphatic rings. The third-order valence-electron chi connectivity index (χ3n) is 5.52. The van der Waals surface area contributed by atoms with Crippen LogP contribution < -0.4 is 9.47 Å². The monoisotopic (exact) mass is 453 g/mol. The fourth-order valence-electron chi connectivity index (χ4n) is 3.93. The number of ketones is 1. The molecule has 0 aromatic heterocycles. The maximum Gasteiger partial charge on any atom is 0.295 e. The summed E-state index contributed by atoms with van der Waals surface area (Å²) < 4.78 is 16.4. The molecule has 1 heterocycles. The highest BCUT2D eigenvalue weighted by Gasteiger charge is 2.46. The first kappa shape index (κ1) is 24.3. The quantitative estimate of drug-likeness (QED) is 0.347. The lowest BCUT2D eigenvalue weighted by Crippen LogP contribution is -2.33. The summed E-state index contributed by atoms with van der Waals surface area (Å²) in [6.45, 7) is 8.56. The van der Waals surface area contributed by atoms with Gasteiger partial charge in [-0.1, -0.05) is 12.1 Å². The van der Waals surface area contributed by atoms with Crippen molar-refractivity contribution in [3.8, 4) is 11.5 Å². The Kier molecular flexibility index (Phi) is 7.76. The molecular weight excluding hydrogens is 422 g/mol. The Morgan fingerprint density at radius 3 is 2.33 bits per heavy atom. The molecule has 2 aromatic rings. The second-order valence-electron chi connectivity index (χ2n) is 8.09. The second kappa shape index (κ2) is 10.5. The van der Waals surface area contributed by atoms with Crippen LogP contribution in [0.1, 0.15) is 43.5 Å². The number of benzene rings is 2. The number of rotatable bonds is 9. The van der Waals surface area contributed by atoms with Crippen LogP contribution in [-0.4, -0.2) is 54.7 Å². The van der Waals surface area contributed by atoms with Gasteiger partial charge in [-0.3, -0.25) is 9.59 Å². The van der Waals surface area contributed by atoms with Crippen LogP contribution in [0.4, 0.5) is 0 Å². The van der Waals surface area contributed by atoms with Crippen molar-refractivity contribution in [2.45, 2.75) is 39.8 Å². The van der Waals surface area contributed by atoms with E-state index in [4.69, 9.17) is 14.2 Å². The van der Waals surface area contributed by atoms with E-state index in [9.17, 15) is 14.7 Å². The molecule has 7 nitrogen and oxygen atoms in total. The summed E-state index contributed by atoms with van der Waals surface area (Å²) in [7, 11) is 1.56. The molecule has 2 aromatic carbocycles. The van der Waals surface area contributed by atoms with Gasteiger partial charge in [0.05, 0.1) is 38.0 Å². The predicted octanol–water partition coefficient (Wildman–Crippen LogP) is 4.25. The highest BCUT2D eigenvalue weighted by molar-refractivity contribution is 6.46. The van der Waals surface area contributed by atoms with Crippen molar-refractivity contribution < 1.29 is 28.9 Å². The molecule has 0 spiro atoms. The highest BCUT2D eigenvalue weighted by atomic mass is 16.5. The van der Waals surface area contributed by atoms with Crippen molar-refractivity contribution in [2.75, 3.05) is 26.9 Å². The van der Waals surface area contributed by atoms with Gasteiger partial charge in [0, 0.05) is 12.1 Å². The van der Waals surface area contributed by atoms with Crippen LogP contribution in [0.15, 0.2) is 48.0 Å². The molecule has 176 valence electrons. The van der Waals surface area contributed by atoms with E-state index in [1.54, 1.807) is 37.4 Å². The van der Waals surface area contributed by atoms with Crippen LogP contribution in [0.5, 0.6) is 11.5 Å². The van der Waals surface area contributed by atoms with Gasteiger partial charge in [0.15, 0.2) is 0 Å². The molecule has 33 heavy (non-hydrogen) atoms. The minimum absolute atomic E-state index is 0.00676. The number of carbonyl (C=O) groups excluding carboxylic acids is 2. The topological polar surface area (TPSA) is 85.3 Å². The molecule has 0 aliphatic carbocycles. The maximum absolute atomic E-state index is 13.1. The van der Waals surface area contributed by atoms with Crippen LogP contribution in [0.2, 0.25) is 0 Å². The number of aliphatic hydroxyl groups is 1. The SMILES string of the molecule is CCOc1ccc(C2/C(=C(/O)c3ccc(OC)cc3C)C(=O)C(=O)N2CCOC(C)C)cc1. The number of methoxy groups -OCH3 is 1. The number of aryl methyl sites for hydroxylation is 1. The van der Waals surface area contributed by atoms with Crippen molar-refractivity contribution in [1.82, 2.24) is 4.90 Å². The Bertz CT molecular complexity index is 1040. The summed E-state index contributed by atoms with van der Waals surface area (Å²) in [5.74, 6) is -0.259. The Labute approximate surface area is 194 Å². The number of aliphatic hydroxyl groups excluding tert-OH is 1. The van der Waals surface area contributed by atoms with Gasteiger partial charge in [-0.2, -0.15) is 0 Å². The minimum atomic E-state index is -0.738. The Balaban J connectivity index is 2.09. The lowest BCUT2D eigenvalue weighted by molar-refractivity contribution is -0.140. The molecule has 0 radical (unpaired) electrons. The molecule has 1 unspecified atom stereocenters. The molecule has 1 amide bonds. The average molecular weight is 454 g/mol. The number of hydrogen-bond donors (Lipinski definition) is 1. The van der Waals surface area contributed by atoms with Gasteiger partial charge in [0.2, 0.25) is 0 Å². The van der Waals surface area contributed by atoms with E-state index in [1.165, 1.54) is 4.90 Å². The summed E-state index contributed by atoms with van der Waals surface area (Å²) in [4.78, 5) is 27.6. The summed E-state index contributed by atoms with van der Waals surface area (Å²) in [5, 5.41) is 11.2. The molecular formula is C26H31NO6. The van der Waals surface area contributed by atoms with Crippen molar-refractivity contribution >= 4 is 17.4 Å². The highest BCUT2D eigenvalue weighted by Crippen LogP contribution is 2.40. The fourth-order valence-corrected chi connectivity index (χ4v) is 3.93. The molecule has 1 aliphatic heterocycles. The van der Waals surface area contributed by atoms with E-state index in [2.05, 4.69) is 0 Å². The van der Waals surface area contributed by atoms with Crippen LogP contribution in [0, 0.1) is 6.92 Å². The molecule has 1 saturated heterocycles. The Hall–Kier alpha value is -3.32. The summed E-state index contributed by atoms with van der Waals surface area (Å²) in [5.41, 5.74) is 1.96. The van der Waals surface area contributed by atoms with E-state index in [1.807, 2.05) is 39.8 Å². The zero-order valence-electron chi connectivity index (χ0n) is 19.8. The van der Waals surface area contributed by atoms with E-state index < -0.39 is 17.7 Å². The smallest absolute Gasteiger partial charge is 0.295 e. The number of ether oxygens (including phenoxy) is 3. The molecule has 7 heteroatoms. The first-order valence-electron chi connectivity index (χ1n) is 11.1. The number of hydrogen-bond acceptors (Lipinski definition) is 6. The van der Waals surface area contributed by atoms with Gasteiger partial charge in [-0.25, -0.2) is 0 Å². The Morgan fingerprint density at radius 2 is 1.76 bits per heavy atom. The van der Waals surface area contributed by atoms with E-state index in [0.717, 1.165) is 5.56 Å². The van der Waals surface area contributed by atoms with Crippen LogP contribution in [0.25, 0.3) is 5.76 Å². The lowest BCUT2D eigenvalue weighted by Gasteiger charge is -2.26. The number of amides is 1. The van der Waals surface area contributed by atoms with Crippen LogP contribution in [-0.2, 0) is 14.3 Å². The molecule has 1 atom stereocenters. The first-order valence-corrected chi connectivity index (χ1v) is 11.1. The second-order valence-corrected chi connectivity index (χ2v) is 8.09. The number of Topliss-reactive ketones (excluding diaryl/α,β-unsaturated/α-hetero) is 1. The molecule has 3 rings (SSSR count). The summed E-state index contributed by atoms with van der Waals surface area (Å²) in [6, 6.07) is 11.6. The number of carbonyl (C=O) groups is 2. The number of nitrogens with zero attached hydrogens (tertiary/aromatic N) is 1. The molecule has 1 fully saturated rings. The minimum Gasteiger partial charge on any atom is -0.507 e. The fraction of sp³-hybridized carbons (Fsp3) is 0.385. The van der Waals surface area contributed by atoms with E-state index >= 15 is 0 Å². The van der Waals surface area contributed by atoms with Crippen molar-refractivity contribution in [3.63, 3.8) is 0 Å². The van der Waals surface area contributed by atoms with Gasteiger partial charge in [-0.05, 0) is 69.2 Å². The van der Waals surface area contributed by atoms with E-state index in [0.29, 0.717) is 29.2 Å². The van der Waals surface area contributed by atoms with E-state index in [-0.39, 0.29) is 30.6 Å². The summed E-state index contributed by atoms with van der Waals surface area (Å²) in [6.07, 6.45) is -0.00676. The molecule has 0 saturated carbocycles. The predicted molar refractivity (Wildman–Crippen MR) is 125 cm³/mol. The molecule has 1 N–H and O–H groups in total. The maximum atomic E-state index is 13.1. The Morgan fingerprint density at radius 1 is 1.09 bits per heavy atom. The zero-order valence-corrected chi connectivity index (χ0v) is 19.8. The first-order chi connectivity index (χ1) is 15.8. The average Bonchev–Trinajstić information content (AvgIpc) is 3.04. The van der Waals surface area contributed by atoms with Gasteiger partial charge in [-0.15, -0.1) is 0 Å². The lowest BCUT2D eigenvalue weighted by atomic mass is 9.94. The third kappa shape index (κ3) is 5.20. The largest absolute Gasteiger partial charge is 0.507 e.